The van der Waals surface area contributed by atoms with E-state index < -0.39 is 0 Å². The maximum absolute atomic E-state index is 11.5. The lowest BCUT2D eigenvalue weighted by molar-refractivity contribution is 0.150. The minimum Gasteiger partial charge on any atom is -0.444 e. The van der Waals surface area contributed by atoms with Crippen molar-refractivity contribution in [3.63, 3.8) is 0 Å². The number of hydrogen-bond acceptors (Lipinski definition) is 3. The van der Waals surface area contributed by atoms with Crippen LogP contribution in [0.25, 0.3) is 0 Å². The molecule has 0 aromatic heterocycles. The van der Waals surface area contributed by atoms with Crippen LogP contribution in [-0.2, 0) is 11.3 Å². The Kier molecular flexibility index (Phi) is 2.60. The van der Waals surface area contributed by atoms with Crippen molar-refractivity contribution in [2.45, 2.75) is 19.6 Å². The van der Waals surface area contributed by atoms with Crippen molar-refractivity contribution in [3.05, 3.63) is 29.8 Å². The Bertz CT molecular complexity index is 379. The van der Waals surface area contributed by atoms with E-state index in [0.29, 0.717) is 13.1 Å². The van der Waals surface area contributed by atoms with Gasteiger partial charge in [0.2, 0.25) is 0 Å². The molecule has 15 heavy (non-hydrogen) atoms. The number of carbonyl (C=O) groups excluding carboxylic acids is 1. The van der Waals surface area contributed by atoms with Gasteiger partial charge in [0, 0.05) is 12.2 Å². The quantitative estimate of drug-likeness (QED) is 0.797. The van der Waals surface area contributed by atoms with Crippen LogP contribution < -0.4 is 10.6 Å². The highest BCUT2D eigenvalue weighted by molar-refractivity contribution is 5.89. The standard InChI is InChI=1S/C11H14N2O2/c1-8-7-13(11(14)15-8)10-4-2-3-9(5-10)6-12/h2-5,8H,6-7,12H2,1H3. The number of nitrogens with zero attached hydrogens (tertiary/aromatic N) is 1. The van der Waals surface area contributed by atoms with Crippen LogP contribution in [0.5, 0.6) is 0 Å². The van der Waals surface area contributed by atoms with Crippen molar-refractivity contribution in [2.24, 2.45) is 5.73 Å². The number of ether oxygens (including phenoxy) is 1. The van der Waals surface area contributed by atoms with Gasteiger partial charge in [0.25, 0.3) is 0 Å². The molecular weight excluding hydrogens is 192 g/mol. The lowest BCUT2D eigenvalue weighted by Gasteiger charge is -2.13. The van der Waals surface area contributed by atoms with Crippen LogP contribution in [0.2, 0.25) is 0 Å². The van der Waals surface area contributed by atoms with Crippen molar-refractivity contribution in [2.75, 3.05) is 11.4 Å². The topological polar surface area (TPSA) is 55.6 Å². The molecular formula is C11H14N2O2. The Morgan fingerprint density at radius 3 is 3.00 bits per heavy atom. The highest BCUT2D eigenvalue weighted by Crippen LogP contribution is 2.22. The molecule has 1 saturated heterocycles. The average molecular weight is 206 g/mol. The number of carbonyl (C=O) groups is 1. The highest BCUT2D eigenvalue weighted by Gasteiger charge is 2.29. The third-order valence-electron chi connectivity index (χ3n) is 2.42. The van der Waals surface area contributed by atoms with Gasteiger partial charge in [0.1, 0.15) is 6.10 Å². The molecule has 1 fully saturated rings. The summed E-state index contributed by atoms with van der Waals surface area (Å²) in [5.74, 6) is 0. The Morgan fingerprint density at radius 2 is 2.40 bits per heavy atom. The molecule has 4 nitrogen and oxygen atoms in total. The first-order chi connectivity index (χ1) is 7.20. The molecule has 1 aliphatic rings. The summed E-state index contributed by atoms with van der Waals surface area (Å²) >= 11 is 0. The zero-order valence-electron chi connectivity index (χ0n) is 8.64. The van der Waals surface area contributed by atoms with Crippen LogP contribution in [0.15, 0.2) is 24.3 Å². The van der Waals surface area contributed by atoms with Gasteiger partial charge in [0.15, 0.2) is 0 Å². The van der Waals surface area contributed by atoms with Crippen LogP contribution in [0.4, 0.5) is 10.5 Å². The van der Waals surface area contributed by atoms with Crippen LogP contribution in [0, 0.1) is 0 Å². The monoisotopic (exact) mass is 206 g/mol. The third-order valence-corrected chi connectivity index (χ3v) is 2.42. The van der Waals surface area contributed by atoms with E-state index in [9.17, 15) is 4.79 Å². The third kappa shape index (κ3) is 1.94. The maximum atomic E-state index is 11.5. The van der Waals surface area contributed by atoms with Gasteiger partial charge in [-0.05, 0) is 24.6 Å². The summed E-state index contributed by atoms with van der Waals surface area (Å²) in [4.78, 5) is 13.1. The molecule has 0 spiro atoms. The molecule has 0 saturated carbocycles. The predicted octanol–water partition coefficient (Wildman–Crippen LogP) is 1.49. The van der Waals surface area contributed by atoms with Crippen LogP contribution in [0.1, 0.15) is 12.5 Å². The molecule has 1 aromatic carbocycles. The van der Waals surface area contributed by atoms with Crippen LogP contribution in [-0.4, -0.2) is 18.7 Å². The summed E-state index contributed by atoms with van der Waals surface area (Å²) in [7, 11) is 0. The summed E-state index contributed by atoms with van der Waals surface area (Å²) in [6.45, 7) is 2.96. The molecule has 2 rings (SSSR count). The number of anilines is 1. The fourth-order valence-corrected chi connectivity index (χ4v) is 1.67. The SMILES string of the molecule is CC1CN(c2cccc(CN)c2)C(=O)O1. The number of nitrogens with two attached hydrogens (primary N) is 1. The van der Waals surface area contributed by atoms with Gasteiger partial charge in [-0.25, -0.2) is 4.79 Å². The maximum Gasteiger partial charge on any atom is 0.414 e. The molecule has 0 radical (unpaired) electrons. The minimum atomic E-state index is -0.281. The van der Waals surface area contributed by atoms with Gasteiger partial charge < -0.3 is 10.5 Å². The normalized spacial score (nSPS) is 20.5. The first-order valence-electron chi connectivity index (χ1n) is 4.98. The highest BCUT2D eigenvalue weighted by atomic mass is 16.6. The fraction of sp³-hybridized carbons (Fsp3) is 0.364. The minimum absolute atomic E-state index is 0.0426. The van der Waals surface area contributed by atoms with Crippen molar-refractivity contribution >= 4 is 11.8 Å². The number of benzene rings is 1. The second-order valence-electron chi connectivity index (χ2n) is 3.68. The molecule has 1 heterocycles. The molecule has 1 unspecified atom stereocenters. The fourth-order valence-electron chi connectivity index (χ4n) is 1.67. The number of amides is 1. The number of cyclic esters (lactones) is 1. The summed E-state index contributed by atoms with van der Waals surface area (Å²) in [6.07, 6.45) is -0.323. The molecule has 0 aliphatic carbocycles. The zero-order chi connectivity index (χ0) is 10.8. The zero-order valence-corrected chi connectivity index (χ0v) is 8.64. The van der Waals surface area contributed by atoms with Crippen molar-refractivity contribution in [1.82, 2.24) is 0 Å². The average Bonchev–Trinajstić information content (AvgIpc) is 2.58. The number of hydrogen-bond donors (Lipinski definition) is 1. The number of rotatable bonds is 2. The van der Waals surface area contributed by atoms with E-state index in [1.807, 2.05) is 31.2 Å². The van der Waals surface area contributed by atoms with Crippen molar-refractivity contribution < 1.29 is 9.53 Å². The van der Waals surface area contributed by atoms with E-state index >= 15 is 0 Å². The molecule has 1 atom stereocenters. The Hall–Kier alpha value is -1.55. The molecule has 2 N–H and O–H groups in total. The lowest BCUT2D eigenvalue weighted by atomic mass is 10.2. The molecule has 80 valence electrons. The van der Waals surface area contributed by atoms with Crippen molar-refractivity contribution in [1.29, 1.82) is 0 Å². The summed E-state index contributed by atoms with van der Waals surface area (Å²) in [5.41, 5.74) is 7.41. The molecule has 1 amide bonds. The molecule has 1 aromatic rings. The van der Waals surface area contributed by atoms with Gasteiger partial charge in [-0.1, -0.05) is 12.1 Å². The van der Waals surface area contributed by atoms with E-state index in [1.54, 1.807) is 4.90 Å². The van der Waals surface area contributed by atoms with E-state index in [0.717, 1.165) is 11.3 Å². The summed E-state index contributed by atoms with van der Waals surface area (Å²) in [5, 5.41) is 0. The summed E-state index contributed by atoms with van der Waals surface area (Å²) < 4.78 is 5.06. The lowest BCUT2D eigenvalue weighted by Crippen LogP contribution is -2.24. The van der Waals surface area contributed by atoms with E-state index in [1.165, 1.54) is 0 Å². The first kappa shape index (κ1) is 9.98. The molecule has 1 aliphatic heterocycles. The van der Waals surface area contributed by atoms with Gasteiger partial charge in [-0.3, -0.25) is 4.90 Å². The van der Waals surface area contributed by atoms with E-state index in [4.69, 9.17) is 10.5 Å². The predicted molar refractivity (Wildman–Crippen MR) is 57.6 cm³/mol. The van der Waals surface area contributed by atoms with Crippen LogP contribution >= 0.6 is 0 Å². The van der Waals surface area contributed by atoms with E-state index in [2.05, 4.69) is 0 Å². The smallest absolute Gasteiger partial charge is 0.414 e. The molecule has 0 bridgehead atoms. The van der Waals surface area contributed by atoms with Gasteiger partial charge in [-0.2, -0.15) is 0 Å². The Morgan fingerprint density at radius 1 is 1.60 bits per heavy atom. The second-order valence-corrected chi connectivity index (χ2v) is 3.68. The Balaban J connectivity index is 2.25. The van der Waals surface area contributed by atoms with E-state index in [-0.39, 0.29) is 12.2 Å². The van der Waals surface area contributed by atoms with Crippen molar-refractivity contribution in [3.8, 4) is 0 Å². The largest absolute Gasteiger partial charge is 0.444 e. The molecule has 4 heteroatoms. The van der Waals surface area contributed by atoms with Gasteiger partial charge in [-0.15, -0.1) is 0 Å². The summed E-state index contributed by atoms with van der Waals surface area (Å²) in [6, 6.07) is 7.64. The Labute approximate surface area is 88.6 Å². The first-order valence-corrected chi connectivity index (χ1v) is 4.98. The van der Waals surface area contributed by atoms with Crippen LogP contribution in [0.3, 0.4) is 0 Å². The second kappa shape index (κ2) is 3.90. The van der Waals surface area contributed by atoms with Gasteiger partial charge >= 0.3 is 6.09 Å². The van der Waals surface area contributed by atoms with Gasteiger partial charge in [0.05, 0.1) is 6.54 Å².